The van der Waals surface area contributed by atoms with E-state index in [1.807, 2.05) is 53.1 Å². The third kappa shape index (κ3) is 8.35. The first-order valence-electron chi connectivity index (χ1n) is 15.3. The summed E-state index contributed by atoms with van der Waals surface area (Å²) in [5, 5.41) is 9.98. The first kappa shape index (κ1) is 30.5. The Morgan fingerprint density at radius 3 is 2.21 bits per heavy atom. The number of carbonyl (C=O) groups excluding carboxylic acids is 2. The maximum atomic E-state index is 13.0. The Balaban J connectivity index is 1.08. The molecule has 2 amide bonds. The molecule has 0 aliphatic carbocycles. The van der Waals surface area contributed by atoms with E-state index in [0.29, 0.717) is 38.9 Å². The van der Waals surface area contributed by atoms with Crippen molar-refractivity contribution in [2.45, 2.75) is 63.6 Å². The van der Waals surface area contributed by atoms with Crippen LogP contribution in [0, 0.1) is 6.92 Å². The number of nitrogens with zero attached hydrogens (tertiary/aromatic N) is 5. The van der Waals surface area contributed by atoms with Crippen LogP contribution in [0.1, 0.15) is 55.1 Å². The minimum atomic E-state index is 0.0368. The van der Waals surface area contributed by atoms with Gasteiger partial charge in [-0.25, -0.2) is 0 Å². The van der Waals surface area contributed by atoms with Crippen LogP contribution in [-0.4, -0.2) is 67.8 Å². The molecule has 43 heavy (non-hydrogen) atoms. The number of amides is 2. The molecule has 1 fully saturated rings. The Morgan fingerprint density at radius 1 is 0.814 bits per heavy atom. The highest BCUT2D eigenvalue weighted by Gasteiger charge is 2.29. The summed E-state index contributed by atoms with van der Waals surface area (Å²) in [4.78, 5) is 29.7. The average molecular weight is 596 g/mol. The summed E-state index contributed by atoms with van der Waals surface area (Å²) in [6.45, 7) is 5.96. The Labute approximate surface area is 259 Å². The van der Waals surface area contributed by atoms with Gasteiger partial charge in [0.25, 0.3) is 0 Å². The molecule has 4 aromatic rings. The molecular weight excluding hydrogens is 554 g/mol. The fourth-order valence-corrected chi connectivity index (χ4v) is 6.50. The van der Waals surface area contributed by atoms with Crippen molar-refractivity contribution in [3.05, 3.63) is 107 Å². The van der Waals surface area contributed by atoms with Crippen LogP contribution in [0.15, 0.2) is 90.1 Å². The van der Waals surface area contributed by atoms with Gasteiger partial charge in [0.15, 0.2) is 5.16 Å². The van der Waals surface area contributed by atoms with E-state index in [4.69, 9.17) is 0 Å². The summed E-state index contributed by atoms with van der Waals surface area (Å²) >= 11 is 1.69. The standard InChI is InChI=1S/C35H41N5O2S/c1-27-16-19-31(20-17-27)40-32(25-30-13-7-4-8-14-30)36-37-35(40)43-24-10-9-15-33(41)38-22-23-39(28(2)26-38)34(42)21-18-29-11-5-3-6-12-29/h3-8,11-14,16-17,19-20,28H,9-10,15,18,21-26H2,1-2H3. The molecule has 0 N–H and O–H groups in total. The number of thioether (sulfide) groups is 1. The number of benzene rings is 3. The monoisotopic (exact) mass is 595 g/mol. The molecule has 0 spiro atoms. The topological polar surface area (TPSA) is 71.3 Å². The van der Waals surface area contributed by atoms with Gasteiger partial charge in [0, 0.05) is 56.4 Å². The van der Waals surface area contributed by atoms with Crippen molar-refractivity contribution in [1.29, 1.82) is 0 Å². The number of piperazine rings is 1. The zero-order valence-electron chi connectivity index (χ0n) is 25.2. The van der Waals surface area contributed by atoms with Crippen LogP contribution in [0.4, 0.5) is 0 Å². The lowest BCUT2D eigenvalue weighted by atomic mass is 10.1. The molecule has 8 heteroatoms. The molecule has 3 aromatic carbocycles. The largest absolute Gasteiger partial charge is 0.339 e. The van der Waals surface area contributed by atoms with Gasteiger partial charge in [-0.05, 0) is 56.4 Å². The molecule has 1 atom stereocenters. The van der Waals surface area contributed by atoms with Crippen molar-refractivity contribution in [1.82, 2.24) is 24.6 Å². The highest BCUT2D eigenvalue weighted by Crippen LogP contribution is 2.25. The van der Waals surface area contributed by atoms with Gasteiger partial charge in [0.1, 0.15) is 5.82 Å². The van der Waals surface area contributed by atoms with Crippen molar-refractivity contribution in [2.24, 2.45) is 0 Å². The second-order valence-electron chi connectivity index (χ2n) is 11.3. The molecule has 5 rings (SSSR count). The molecule has 1 aliphatic heterocycles. The molecule has 0 saturated carbocycles. The third-order valence-corrected chi connectivity index (χ3v) is 9.00. The van der Waals surface area contributed by atoms with Gasteiger partial charge in [0.05, 0.1) is 0 Å². The van der Waals surface area contributed by atoms with Crippen LogP contribution >= 0.6 is 11.8 Å². The Hall–Kier alpha value is -3.91. The lowest BCUT2D eigenvalue weighted by Crippen LogP contribution is -2.55. The summed E-state index contributed by atoms with van der Waals surface area (Å²) < 4.78 is 2.16. The SMILES string of the molecule is Cc1ccc(-n2c(Cc3ccccc3)nnc2SCCCCC(=O)N2CCN(C(=O)CCc3ccccc3)C(C)C2)cc1. The Morgan fingerprint density at radius 2 is 1.51 bits per heavy atom. The lowest BCUT2D eigenvalue weighted by Gasteiger charge is -2.40. The summed E-state index contributed by atoms with van der Waals surface area (Å²) in [7, 11) is 0. The molecule has 1 saturated heterocycles. The number of hydrogen-bond donors (Lipinski definition) is 0. The number of unbranched alkanes of at least 4 members (excludes halogenated alkanes) is 1. The molecule has 0 radical (unpaired) electrons. The van der Waals surface area contributed by atoms with Crippen LogP contribution in [0.25, 0.3) is 5.69 Å². The van der Waals surface area contributed by atoms with Crippen LogP contribution < -0.4 is 0 Å². The van der Waals surface area contributed by atoms with E-state index in [0.717, 1.165) is 41.7 Å². The van der Waals surface area contributed by atoms with Gasteiger partial charge >= 0.3 is 0 Å². The lowest BCUT2D eigenvalue weighted by molar-refractivity contribution is -0.142. The van der Waals surface area contributed by atoms with Gasteiger partial charge in [-0.1, -0.05) is 90.1 Å². The van der Waals surface area contributed by atoms with Crippen molar-refractivity contribution in [3.63, 3.8) is 0 Å². The second-order valence-corrected chi connectivity index (χ2v) is 12.4. The highest BCUT2D eigenvalue weighted by molar-refractivity contribution is 7.99. The first-order valence-corrected chi connectivity index (χ1v) is 16.3. The fraction of sp³-hybridized carbons (Fsp3) is 0.371. The summed E-state index contributed by atoms with van der Waals surface area (Å²) in [5.74, 6) is 2.13. The van der Waals surface area contributed by atoms with Gasteiger partial charge in [0.2, 0.25) is 11.8 Å². The predicted octanol–water partition coefficient (Wildman–Crippen LogP) is 6.12. The predicted molar refractivity (Wildman–Crippen MR) is 172 cm³/mol. The number of aryl methyl sites for hydroxylation is 2. The van der Waals surface area contributed by atoms with Crippen LogP contribution in [0.5, 0.6) is 0 Å². The van der Waals surface area contributed by atoms with Crippen molar-refractivity contribution in [2.75, 3.05) is 25.4 Å². The molecule has 1 aromatic heterocycles. The third-order valence-electron chi connectivity index (χ3n) is 7.98. The minimum Gasteiger partial charge on any atom is -0.339 e. The van der Waals surface area contributed by atoms with Gasteiger partial charge in [-0.2, -0.15) is 0 Å². The zero-order chi connectivity index (χ0) is 30.0. The van der Waals surface area contributed by atoms with Crippen molar-refractivity contribution in [3.8, 4) is 5.69 Å². The summed E-state index contributed by atoms with van der Waals surface area (Å²) in [6.07, 6.45) is 4.23. The Bertz CT molecular complexity index is 1470. The van der Waals surface area contributed by atoms with E-state index in [1.54, 1.807) is 11.8 Å². The van der Waals surface area contributed by atoms with Gasteiger partial charge < -0.3 is 9.80 Å². The molecule has 2 heterocycles. The average Bonchev–Trinajstić information content (AvgIpc) is 3.42. The number of hydrogen-bond acceptors (Lipinski definition) is 5. The normalized spacial score (nSPS) is 15.1. The molecular formula is C35H41N5O2S. The van der Waals surface area contributed by atoms with Crippen LogP contribution in [-0.2, 0) is 22.4 Å². The van der Waals surface area contributed by atoms with E-state index >= 15 is 0 Å². The molecule has 7 nitrogen and oxygen atoms in total. The first-order chi connectivity index (χ1) is 21.0. The summed E-state index contributed by atoms with van der Waals surface area (Å²) in [5.41, 5.74) is 4.65. The minimum absolute atomic E-state index is 0.0368. The quantitative estimate of drug-likeness (QED) is 0.146. The number of rotatable bonds is 12. The maximum Gasteiger partial charge on any atom is 0.223 e. The number of aromatic nitrogens is 3. The molecule has 0 bridgehead atoms. The fourth-order valence-electron chi connectivity index (χ4n) is 5.53. The zero-order valence-corrected chi connectivity index (χ0v) is 26.0. The van der Waals surface area contributed by atoms with Crippen LogP contribution in [0.3, 0.4) is 0 Å². The molecule has 1 unspecified atom stereocenters. The van der Waals surface area contributed by atoms with E-state index in [1.165, 1.54) is 16.7 Å². The van der Waals surface area contributed by atoms with Crippen molar-refractivity contribution >= 4 is 23.6 Å². The van der Waals surface area contributed by atoms with E-state index in [2.05, 4.69) is 70.2 Å². The van der Waals surface area contributed by atoms with Crippen molar-refractivity contribution < 1.29 is 9.59 Å². The molecule has 1 aliphatic rings. The van der Waals surface area contributed by atoms with Gasteiger partial charge in [-0.3, -0.25) is 14.2 Å². The summed E-state index contributed by atoms with van der Waals surface area (Å²) in [6, 6.07) is 29.0. The van der Waals surface area contributed by atoms with E-state index in [9.17, 15) is 9.59 Å². The smallest absolute Gasteiger partial charge is 0.223 e. The highest BCUT2D eigenvalue weighted by atomic mass is 32.2. The van der Waals surface area contributed by atoms with Crippen LogP contribution in [0.2, 0.25) is 0 Å². The Kier molecular flexibility index (Phi) is 10.7. The maximum absolute atomic E-state index is 13.0. The van der Waals surface area contributed by atoms with Gasteiger partial charge in [-0.15, -0.1) is 10.2 Å². The van der Waals surface area contributed by atoms with E-state index < -0.39 is 0 Å². The number of carbonyl (C=O) groups is 2. The van der Waals surface area contributed by atoms with E-state index in [-0.39, 0.29) is 17.9 Å². The second kappa shape index (κ2) is 15.0. The molecule has 224 valence electrons.